The number of rotatable bonds is 3. The number of alkyl halides is 3. The molecule has 0 saturated carbocycles. The Labute approximate surface area is 142 Å². The van der Waals surface area contributed by atoms with Crippen LogP contribution < -0.4 is 10.5 Å². The van der Waals surface area contributed by atoms with Gasteiger partial charge in [0, 0.05) is 37.0 Å². The zero-order valence-electron chi connectivity index (χ0n) is 13.2. The van der Waals surface area contributed by atoms with Crippen LogP contribution in [-0.2, 0) is 6.18 Å². The van der Waals surface area contributed by atoms with Crippen molar-refractivity contribution in [2.75, 3.05) is 13.1 Å². The maximum atomic E-state index is 12.5. The molecule has 25 heavy (non-hydrogen) atoms. The molecule has 1 saturated heterocycles. The van der Waals surface area contributed by atoms with E-state index in [4.69, 9.17) is 10.5 Å². The van der Waals surface area contributed by atoms with E-state index in [9.17, 15) is 18.0 Å². The minimum atomic E-state index is -4.44. The monoisotopic (exact) mass is 351 g/mol. The Bertz CT molecular complexity index is 745. The number of hydrogen-bond acceptors (Lipinski definition) is 4. The molecule has 1 aromatic heterocycles. The Morgan fingerprint density at radius 3 is 2.44 bits per heavy atom. The Morgan fingerprint density at radius 1 is 1.20 bits per heavy atom. The molecule has 0 radical (unpaired) electrons. The van der Waals surface area contributed by atoms with E-state index in [0.717, 1.165) is 18.6 Å². The molecular formula is C17H16F3N3O2. The second kappa shape index (κ2) is 6.72. The lowest BCUT2D eigenvalue weighted by atomic mass is 10.2. The number of aromatic nitrogens is 1. The third-order valence-corrected chi connectivity index (χ3v) is 3.90. The fraction of sp³-hybridized carbons (Fsp3) is 0.294. The lowest BCUT2D eigenvalue weighted by Crippen LogP contribution is -2.31. The number of benzene rings is 1. The number of ether oxygens (including phenoxy) is 1. The highest BCUT2D eigenvalue weighted by Crippen LogP contribution is 2.30. The van der Waals surface area contributed by atoms with Gasteiger partial charge in [-0.25, -0.2) is 4.98 Å². The smallest absolute Gasteiger partial charge is 0.417 e. The largest absolute Gasteiger partial charge is 0.439 e. The number of pyridine rings is 1. The molecule has 0 aliphatic carbocycles. The van der Waals surface area contributed by atoms with Gasteiger partial charge in [-0.15, -0.1) is 0 Å². The van der Waals surface area contributed by atoms with E-state index < -0.39 is 11.7 Å². The number of hydrogen-bond donors (Lipinski definition) is 1. The Morgan fingerprint density at radius 2 is 1.92 bits per heavy atom. The highest BCUT2D eigenvalue weighted by Gasteiger charge is 2.30. The number of carbonyl (C=O) groups excluding carboxylic acids is 1. The van der Waals surface area contributed by atoms with E-state index in [-0.39, 0.29) is 17.8 Å². The van der Waals surface area contributed by atoms with Crippen molar-refractivity contribution in [3.8, 4) is 11.6 Å². The summed E-state index contributed by atoms with van der Waals surface area (Å²) < 4.78 is 42.9. The van der Waals surface area contributed by atoms with Crippen LogP contribution in [-0.4, -0.2) is 34.9 Å². The van der Waals surface area contributed by atoms with E-state index in [1.54, 1.807) is 29.2 Å². The van der Waals surface area contributed by atoms with Gasteiger partial charge in [-0.05, 0) is 36.8 Å². The molecule has 1 aromatic carbocycles. The third-order valence-electron chi connectivity index (χ3n) is 3.90. The van der Waals surface area contributed by atoms with Crippen LogP contribution in [0.3, 0.4) is 0 Å². The summed E-state index contributed by atoms with van der Waals surface area (Å²) >= 11 is 0. The van der Waals surface area contributed by atoms with Crippen molar-refractivity contribution in [1.82, 2.24) is 9.88 Å². The molecule has 1 atom stereocenters. The van der Waals surface area contributed by atoms with Gasteiger partial charge in [0.1, 0.15) is 5.75 Å². The fourth-order valence-corrected chi connectivity index (χ4v) is 2.55. The van der Waals surface area contributed by atoms with Crippen LogP contribution in [0.15, 0.2) is 42.6 Å². The van der Waals surface area contributed by atoms with E-state index in [0.29, 0.717) is 30.6 Å². The van der Waals surface area contributed by atoms with Gasteiger partial charge in [-0.2, -0.15) is 13.2 Å². The standard InChI is InChI=1S/C17H16F3N3O2/c18-17(19,20)12-3-6-15(22-9-12)25-14-4-1-11(2-5-14)16(24)23-8-7-13(21)10-23/h1-6,9,13H,7-8,10,21H2/t13-/m0/s1. The molecule has 0 spiro atoms. The Kier molecular flexibility index (Phi) is 4.63. The lowest BCUT2D eigenvalue weighted by Gasteiger charge is -2.16. The zero-order valence-corrected chi connectivity index (χ0v) is 13.2. The highest BCUT2D eigenvalue weighted by atomic mass is 19.4. The molecule has 1 amide bonds. The molecule has 2 N–H and O–H groups in total. The molecule has 132 valence electrons. The SMILES string of the molecule is N[C@H]1CCN(C(=O)c2ccc(Oc3ccc(C(F)(F)F)cn3)cc2)C1. The van der Waals surface area contributed by atoms with Crippen LogP contribution in [0.5, 0.6) is 11.6 Å². The minimum Gasteiger partial charge on any atom is -0.439 e. The van der Waals surface area contributed by atoms with Gasteiger partial charge in [0.2, 0.25) is 5.88 Å². The lowest BCUT2D eigenvalue weighted by molar-refractivity contribution is -0.137. The maximum Gasteiger partial charge on any atom is 0.417 e. The first-order valence-electron chi connectivity index (χ1n) is 7.69. The van der Waals surface area contributed by atoms with Crippen molar-refractivity contribution < 1.29 is 22.7 Å². The van der Waals surface area contributed by atoms with Crippen molar-refractivity contribution in [3.63, 3.8) is 0 Å². The first-order valence-corrected chi connectivity index (χ1v) is 7.69. The average molecular weight is 351 g/mol. The van der Waals surface area contributed by atoms with Gasteiger partial charge < -0.3 is 15.4 Å². The highest BCUT2D eigenvalue weighted by molar-refractivity contribution is 5.94. The number of likely N-dealkylation sites (tertiary alicyclic amines) is 1. The summed E-state index contributed by atoms with van der Waals surface area (Å²) in [4.78, 5) is 17.6. The van der Waals surface area contributed by atoms with Gasteiger partial charge in [-0.3, -0.25) is 4.79 Å². The fourth-order valence-electron chi connectivity index (χ4n) is 2.55. The normalized spacial score (nSPS) is 17.6. The van der Waals surface area contributed by atoms with Crippen molar-refractivity contribution in [1.29, 1.82) is 0 Å². The van der Waals surface area contributed by atoms with E-state index in [2.05, 4.69) is 4.98 Å². The predicted octanol–water partition coefficient (Wildman–Crippen LogP) is 3.07. The topological polar surface area (TPSA) is 68.5 Å². The summed E-state index contributed by atoms with van der Waals surface area (Å²) in [5.74, 6) is 0.312. The molecular weight excluding hydrogens is 335 g/mol. The second-order valence-electron chi connectivity index (χ2n) is 5.81. The van der Waals surface area contributed by atoms with Gasteiger partial charge >= 0.3 is 6.18 Å². The van der Waals surface area contributed by atoms with Gasteiger partial charge in [-0.1, -0.05) is 0 Å². The molecule has 2 aromatic rings. The quantitative estimate of drug-likeness (QED) is 0.923. The molecule has 8 heteroatoms. The van der Waals surface area contributed by atoms with Gasteiger partial charge in [0.15, 0.2) is 0 Å². The first kappa shape index (κ1) is 17.2. The van der Waals surface area contributed by atoms with Crippen LogP contribution >= 0.6 is 0 Å². The van der Waals surface area contributed by atoms with Crippen molar-refractivity contribution >= 4 is 5.91 Å². The summed E-state index contributed by atoms with van der Waals surface area (Å²) in [6, 6.07) is 8.41. The van der Waals surface area contributed by atoms with Crippen LogP contribution in [0.2, 0.25) is 0 Å². The average Bonchev–Trinajstić information content (AvgIpc) is 3.01. The third kappa shape index (κ3) is 4.08. The number of nitrogens with two attached hydrogens (primary N) is 1. The summed E-state index contributed by atoms with van der Waals surface area (Å²) in [5, 5.41) is 0. The molecule has 1 fully saturated rings. The van der Waals surface area contributed by atoms with Crippen molar-refractivity contribution in [3.05, 3.63) is 53.7 Å². The zero-order chi connectivity index (χ0) is 18.0. The van der Waals surface area contributed by atoms with Crippen LogP contribution in [0.25, 0.3) is 0 Å². The molecule has 2 heterocycles. The van der Waals surface area contributed by atoms with Gasteiger partial charge in [0.05, 0.1) is 5.56 Å². The van der Waals surface area contributed by atoms with Gasteiger partial charge in [0.25, 0.3) is 5.91 Å². The van der Waals surface area contributed by atoms with E-state index in [1.165, 1.54) is 0 Å². The maximum absolute atomic E-state index is 12.5. The minimum absolute atomic E-state index is 0.0114. The number of halogens is 3. The van der Waals surface area contributed by atoms with Crippen molar-refractivity contribution in [2.45, 2.75) is 18.6 Å². The Hall–Kier alpha value is -2.61. The predicted molar refractivity (Wildman–Crippen MR) is 84.3 cm³/mol. The van der Waals surface area contributed by atoms with Crippen molar-refractivity contribution in [2.24, 2.45) is 5.73 Å². The van der Waals surface area contributed by atoms with E-state index in [1.807, 2.05) is 0 Å². The van der Waals surface area contributed by atoms with Crippen LogP contribution in [0, 0.1) is 0 Å². The molecule has 0 bridgehead atoms. The molecule has 1 aliphatic rings. The van der Waals surface area contributed by atoms with E-state index >= 15 is 0 Å². The number of amides is 1. The van der Waals surface area contributed by atoms with Crippen LogP contribution in [0.1, 0.15) is 22.3 Å². The second-order valence-corrected chi connectivity index (χ2v) is 5.81. The molecule has 0 unspecified atom stereocenters. The van der Waals surface area contributed by atoms with Crippen LogP contribution in [0.4, 0.5) is 13.2 Å². The number of nitrogens with zero attached hydrogens (tertiary/aromatic N) is 2. The first-order chi connectivity index (χ1) is 11.8. The molecule has 3 rings (SSSR count). The molecule has 5 nitrogen and oxygen atoms in total. The molecule has 1 aliphatic heterocycles. The summed E-state index contributed by atoms with van der Waals surface area (Å²) in [5.41, 5.74) is 5.46. The Balaban J connectivity index is 1.65. The summed E-state index contributed by atoms with van der Waals surface area (Å²) in [6.07, 6.45) is -2.94. The summed E-state index contributed by atoms with van der Waals surface area (Å²) in [7, 11) is 0. The summed E-state index contributed by atoms with van der Waals surface area (Å²) in [6.45, 7) is 1.17. The number of carbonyl (C=O) groups is 1.